The average molecular weight is 284 g/mol. The van der Waals surface area contributed by atoms with Crippen LogP contribution in [-0.2, 0) is 4.79 Å². The summed E-state index contributed by atoms with van der Waals surface area (Å²) in [5.74, 6) is -0.347. The van der Waals surface area contributed by atoms with Crippen molar-refractivity contribution in [2.75, 3.05) is 0 Å². The van der Waals surface area contributed by atoms with Crippen LogP contribution in [0.2, 0.25) is 0 Å². The number of rotatable bonds is 2. The molecule has 0 aliphatic heterocycles. The number of carbonyl (C=O) groups excluding carboxylic acids is 1. The van der Waals surface area contributed by atoms with E-state index in [9.17, 15) is 14.7 Å². The Morgan fingerprint density at radius 3 is 2.86 bits per heavy atom. The summed E-state index contributed by atoms with van der Waals surface area (Å²) in [5, 5.41) is 17.2. The number of aliphatic hydroxyl groups excluding tert-OH is 1. The lowest BCUT2D eigenvalue weighted by Gasteiger charge is -2.09. The molecule has 1 N–H and O–H groups in total. The van der Waals surface area contributed by atoms with E-state index in [0.29, 0.717) is 24.9 Å². The van der Waals surface area contributed by atoms with Gasteiger partial charge in [-0.05, 0) is 18.6 Å². The highest BCUT2D eigenvalue weighted by atomic mass is 16.3. The molecular formula is C14H12N4O3. The first-order valence-electron chi connectivity index (χ1n) is 6.50. The molecule has 0 spiro atoms. The Morgan fingerprint density at radius 1 is 1.19 bits per heavy atom. The minimum absolute atomic E-state index is 0.0115. The fraction of sp³-hybridized carbons (Fsp3) is 0.214. The second-order valence-electron chi connectivity index (χ2n) is 4.65. The Morgan fingerprint density at radius 2 is 2.05 bits per heavy atom. The van der Waals surface area contributed by atoms with Gasteiger partial charge in [-0.1, -0.05) is 6.07 Å². The average Bonchev–Trinajstić information content (AvgIpc) is 2.49. The van der Waals surface area contributed by atoms with Crippen molar-refractivity contribution in [3.63, 3.8) is 0 Å². The van der Waals surface area contributed by atoms with Gasteiger partial charge in [0.15, 0.2) is 17.2 Å². The van der Waals surface area contributed by atoms with Crippen molar-refractivity contribution in [1.29, 1.82) is 0 Å². The van der Waals surface area contributed by atoms with Crippen LogP contribution in [0.3, 0.4) is 0 Å². The summed E-state index contributed by atoms with van der Waals surface area (Å²) in [5.41, 5.74) is 0.0566. The molecule has 106 valence electrons. The van der Waals surface area contributed by atoms with E-state index in [1.54, 1.807) is 24.4 Å². The van der Waals surface area contributed by atoms with Crippen molar-refractivity contribution in [2.24, 2.45) is 10.2 Å². The Bertz CT molecular complexity index is 835. The van der Waals surface area contributed by atoms with Gasteiger partial charge in [0.2, 0.25) is 0 Å². The number of hydrogen-bond acceptors (Lipinski definition) is 6. The van der Waals surface area contributed by atoms with Gasteiger partial charge in [-0.2, -0.15) is 0 Å². The molecule has 0 saturated heterocycles. The van der Waals surface area contributed by atoms with Crippen LogP contribution in [0.15, 0.2) is 57.1 Å². The first-order valence-corrected chi connectivity index (χ1v) is 6.50. The van der Waals surface area contributed by atoms with Crippen LogP contribution >= 0.6 is 0 Å². The van der Waals surface area contributed by atoms with Crippen LogP contribution < -0.4 is 5.56 Å². The maximum Gasteiger partial charge on any atom is 0.285 e. The van der Waals surface area contributed by atoms with Gasteiger partial charge in [-0.25, -0.2) is 4.98 Å². The lowest BCUT2D eigenvalue weighted by Crippen LogP contribution is -2.13. The third-order valence-electron chi connectivity index (χ3n) is 3.21. The number of fused-ring (bicyclic) bond motifs is 1. The normalized spacial score (nSPS) is 16.1. The summed E-state index contributed by atoms with van der Waals surface area (Å²) in [6.07, 6.45) is 4.20. The molecule has 1 aliphatic carbocycles. The summed E-state index contributed by atoms with van der Waals surface area (Å²) in [7, 11) is 0. The molecule has 1 aliphatic rings. The number of pyridine rings is 1. The summed E-state index contributed by atoms with van der Waals surface area (Å²) in [4.78, 5) is 27.9. The standard InChI is InChI=1S/C14H12N4O3/c19-10-4-3-5-11(20)13(10)17-16-9-8-15-12-6-1-2-7-18(12)14(9)21/h1-2,6-8,19H,3-5H2. The van der Waals surface area contributed by atoms with E-state index in [-0.39, 0.29) is 28.5 Å². The van der Waals surface area contributed by atoms with Crippen molar-refractivity contribution in [1.82, 2.24) is 9.38 Å². The molecule has 0 radical (unpaired) electrons. The van der Waals surface area contributed by atoms with Crippen LogP contribution in [0.4, 0.5) is 5.69 Å². The molecular weight excluding hydrogens is 272 g/mol. The van der Waals surface area contributed by atoms with Crippen LogP contribution in [-0.4, -0.2) is 20.3 Å². The molecule has 0 amide bonds. The Hall–Kier alpha value is -2.83. The summed E-state index contributed by atoms with van der Waals surface area (Å²) < 4.78 is 1.34. The van der Waals surface area contributed by atoms with Gasteiger partial charge in [-0.15, -0.1) is 10.2 Å². The van der Waals surface area contributed by atoms with Crippen molar-refractivity contribution < 1.29 is 9.90 Å². The molecule has 3 rings (SSSR count). The van der Waals surface area contributed by atoms with Crippen LogP contribution in [0, 0.1) is 0 Å². The highest BCUT2D eigenvalue weighted by Crippen LogP contribution is 2.22. The zero-order valence-electron chi connectivity index (χ0n) is 11.1. The van der Waals surface area contributed by atoms with E-state index in [1.807, 2.05) is 0 Å². The summed E-state index contributed by atoms with van der Waals surface area (Å²) >= 11 is 0. The highest BCUT2D eigenvalue weighted by Gasteiger charge is 2.20. The summed E-state index contributed by atoms with van der Waals surface area (Å²) in [6, 6.07) is 5.17. The van der Waals surface area contributed by atoms with Gasteiger partial charge < -0.3 is 5.11 Å². The SMILES string of the molecule is O=C1CCCC(O)=C1N=Nc1cnc2ccccn2c1=O. The molecule has 2 aromatic rings. The Kier molecular flexibility index (Phi) is 3.31. The minimum Gasteiger partial charge on any atom is -0.510 e. The number of aliphatic hydroxyl groups is 1. The molecule has 7 heteroatoms. The Labute approximate surface area is 119 Å². The minimum atomic E-state index is -0.382. The molecule has 0 saturated carbocycles. The molecule has 7 nitrogen and oxygen atoms in total. The third-order valence-corrected chi connectivity index (χ3v) is 3.21. The molecule has 21 heavy (non-hydrogen) atoms. The maximum absolute atomic E-state index is 12.2. The topological polar surface area (TPSA) is 96.4 Å². The fourth-order valence-corrected chi connectivity index (χ4v) is 2.12. The second kappa shape index (κ2) is 5.28. The molecule has 0 bridgehead atoms. The quantitative estimate of drug-likeness (QED) is 0.856. The molecule has 2 heterocycles. The first-order chi connectivity index (χ1) is 10.2. The van der Waals surface area contributed by atoms with Crippen LogP contribution in [0.25, 0.3) is 5.65 Å². The zero-order valence-corrected chi connectivity index (χ0v) is 11.1. The zero-order chi connectivity index (χ0) is 14.8. The van der Waals surface area contributed by atoms with Gasteiger partial charge >= 0.3 is 0 Å². The van der Waals surface area contributed by atoms with E-state index < -0.39 is 0 Å². The van der Waals surface area contributed by atoms with E-state index in [4.69, 9.17) is 0 Å². The monoisotopic (exact) mass is 284 g/mol. The predicted octanol–water partition coefficient (Wildman–Crippen LogP) is 2.30. The van der Waals surface area contributed by atoms with Gasteiger partial charge in [0, 0.05) is 19.0 Å². The number of aromatic nitrogens is 2. The first kappa shape index (κ1) is 13.2. The number of azo groups is 1. The van der Waals surface area contributed by atoms with E-state index in [2.05, 4.69) is 15.2 Å². The smallest absolute Gasteiger partial charge is 0.285 e. The lowest BCUT2D eigenvalue weighted by atomic mass is 10.0. The number of ketones is 1. The van der Waals surface area contributed by atoms with E-state index in [1.165, 1.54) is 10.6 Å². The number of Topliss-reactive ketones (excluding diaryl/α,β-unsaturated/α-hetero) is 1. The number of allylic oxidation sites excluding steroid dienone is 2. The molecule has 2 aromatic heterocycles. The van der Waals surface area contributed by atoms with Crippen molar-refractivity contribution in [2.45, 2.75) is 19.3 Å². The van der Waals surface area contributed by atoms with E-state index >= 15 is 0 Å². The summed E-state index contributed by atoms with van der Waals surface area (Å²) in [6.45, 7) is 0. The molecule has 0 unspecified atom stereocenters. The second-order valence-corrected chi connectivity index (χ2v) is 4.65. The van der Waals surface area contributed by atoms with Crippen molar-refractivity contribution >= 4 is 17.1 Å². The highest BCUT2D eigenvalue weighted by molar-refractivity contribution is 5.96. The number of carbonyl (C=O) groups is 1. The largest absolute Gasteiger partial charge is 0.510 e. The number of hydrogen-bond donors (Lipinski definition) is 1. The van der Waals surface area contributed by atoms with Gasteiger partial charge in [0.25, 0.3) is 5.56 Å². The maximum atomic E-state index is 12.2. The van der Waals surface area contributed by atoms with Crippen LogP contribution in [0.1, 0.15) is 19.3 Å². The van der Waals surface area contributed by atoms with Crippen molar-refractivity contribution in [3.8, 4) is 0 Å². The number of nitrogens with zero attached hydrogens (tertiary/aromatic N) is 4. The van der Waals surface area contributed by atoms with Crippen molar-refractivity contribution in [3.05, 3.63) is 52.4 Å². The van der Waals surface area contributed by atoms with Gasteiger partial charge in [0.1, 0.15) is 11.4 Å². The predicted molar refractivity (Wildman–Crippen MR) is 74.5 cm³/mol. The van der Waals surface area contributed by atoms with Crippen LogP contribution in [0.5, 0.6) is 0 Å². The van der Waals surface area contributed by atoms with Gasteiger partial charge in [-0.3, -0.25) is 14.0 Å². The molecule has 0 atom stereocenters. The van der Waals surface area contributed by atoms with E-state index in [0.717, 1.165) is 0 Å². The fourth-order valence-electron chi connectivity index (χ4n) is 2.12. The molecule has 0 fully saturated rings. The van der Waals surface area contributed by atoms with Gasteiger partial charge in [0.05, 0.1) is 6.20 Å². The third kappa shape index (κ3) is 2.45. The Balaban J connectivity index is 2.02. The molecule has 0 aromatic carbocycles. The lowest BCUT2D eigenvalue weighted by molar-refractivity contribution is -0.116.